The molecule has 2 rings (SSSR count). The van der Waals surface area contributed by atoms with E-state index in [4.69, 9.17) is 4.74 Å². The number of nitrogens with one attached hydrogen (secondary N) is 1. The molecular formula is C17H20N2O5S. The summed E-state index contributed by atoms with van der Waals surface area (Å²) in [7, 11) is -2.71. The van der Waals surface area contributed by atoms with E-state index in [-0.39, 0.29) is 16.3 Å². The maximum absolute atomic E-state index is 12.6. The molecule has 0 saturated carbocycles. The van der Waals surface area contributed by atoms with Gasteiger partial charge < -0.3 is 4.74 Å². The maximum atomic E-state index is 12.6. The van der Waals surface area contributed by atoms with Crippen molar-refractivity contribution in [3.05, 3.63) is 58.1 Å². The first-order chi connectivity index (χ1) is 11.9. The number of nitro benzene ring substituents is 1. The molecule has 0 amide bonds. The average molecular weight is 364 g/mol. The lowest BCUT2D eigenvalue weighted by Crippen LogP contribution is -2.14. The number of anilines is 1. The smallest absolute Gasteiger partial charge is 0.271 e. The van der Waals surface area contributed by atoms with Crippen molar-refractivity contribution in [1.82, 2.24) is 0 Å². The van der Waals surface area contributed by atoms with E-state index in [1.807, 2.05) is 12.1 Å². The van der Waals surface area contributed by atoms with Crippen LogP contribution < -0.4 is 9.46 Å². The topological polar surface area (TPSA) is 98.5 Å². The minimum atomic E-state index is -4.02. The normalized spacial score (nSPS) is 11.1. The van der Waals surface area contributed by atoms with Crippen molar-refractivity contribution >= 4 is 21.4 Å². The zero-order valence-corrected chi connectivity index (χ0v) is 14.9. The molecule has 0 heterocycles. The fourth-order valence-electron chi connectivity index (χ4n) is 2.32. The standard InChI is InChI=1S/C17H20N2O5S/c1-3-4-5-13-6-8-14(9-7-13)18-25(22,23)17-12-15(19(20)21)10-11-16(17)24-2/h6-12,18H,3-5H2,1-2H3. The van der Waals surface area contributed by atoms with Crippen molar-refractivity contribution < 1.29 is 18.1 Å². The van der Waals surface area contributed by atoms with Crippen molar-refractivity contribution in [1.29, 1.82) is 0 Å². The molecule has 0 saturated heterocycles. The molecule has 2 aromatic rings. The van der Waals surface area contributed by atoms with Crippen LogP contribution in [0.4, 0.5) is 11.4 Å². The SMILES string of the molecule is CCCCc1ccc(NS(=O)(=O)c2cc([N+](=O)[O-])ccc2OC)cc1. The third-order valence-electron chi connectivity index (χ3n) is 3.67. The molecule has 0 atom stereocenters. The Morgan fingerprint density at radius 1 is 1.16 bits per heavy atom. The molecule has 0 aromatic heterocycles. The zero-order chi connectivity index (χ0) is 18.4. The Labute approximate surface area is 146 Å². The molecule has 0 spiro atoms. The van der Waals surface area contributed by atoms with E-state index in [0.717, 1.165) is 30.9 Å². The second kappa shape index (κ2) is 7.98. The molecular weight excluding hydrogens is 344 g/mol. The lowest BCUT2D eigenvalue weighted by molar-refractivity contribution is -0.385. The van der Waals surface area contributed by atoms with Crippen molar-refractivity contribution in [2.24, 2.45) is 0 Å². The van der Waals surface area contributed by atoms with Gasteiger partial charge >= 0.3 is 0 Å². The summed E-state index contributed by atoms with van der Waals surface area (Å²) in [6.45, 7) is 2.11. The van der Waals surface area contributed by atoms with E-state index in [9.17, 15) is 18.5 Å². The summed E-state index contributed by atoms with van der Waals surface area (Å²) < 4.78 is 32.7. The van der Waals surface area contributed by atoms with Gasteiger partial charge in [0.2, 0.25) is 0 Å². The number of hydrogen-bond acceptors (Lipinski definition) is 5. The minimum Gasteiger partial charge on any atom is -0.495 e. The number of ether oxygens (including phenoxy) is 1. The Bertz CT molecular complexity index is 848. The van der Waals surface area contributed by atoms with Crippen LogP contribution in [0, 0.1) is 10.1 Å². The van der Waals surface area contributed by atoms with Gasteiger partial charge in [-0.1, -0.05) is 25.5 Å². The molecule has 0 bridgehead atoms. The van der Waals surface area contributed by atoms with E-state index in [2.05, 4.69) is 11.6 Å². The first kappa shape index (κ1) is 18.7. The van der Waals surface area contributed by atoms with Crippen molar-refractivity contribution in [3.63, 3.8) is 0 Å². The van der Waals surface area contributed by atoms with Gasteiger partial charge in [0.15, 0.2) is 0 Å². The predicted octanol–water partition coefficient (Wildman–Crippen LogP) is 3.75. The van der Waals surface area contributed by atoms with Crippen LogP contribution in [0.5, 0.6) is 5.75 Å². The van der Waals surface area contributed by atoms with Crippen LogP contribution in [-0.4, -0.2) is 20.5 Å². The van der Waals surface area contributed by atoms with Crippen LogP contribution in [0.1, 0.15) is 25.3 Å². The summed E-state index contributed by atoms with van der Waals surface area (Å²) in [5, 5.41) is 10.9. The molecule has 0 aliphatic heterocycles. The fourth-order valence-corrected chi connectivity index (χ4v) is 3.57. The molecule has 1 N–H and O–H groups in total. The van der Waals surface area contributed by atoms with Gasteiger partial charge in [0.1, 0.15) is 10.6 Å². The minimum absolute atomic E-state index is 0.0395. The number of nitrogens with zero attached hydrogens (tertiary/aromatic N) is 1. The maximum Gasteiger partial charge on any atom is 0.271 e. The van der Waals surface area contributed by atoms with Gasteiger partial charge in [-0.25, -0.2) is 8.42 Å². The Balaban J connectivity index is 2.29. The van der Waals surface area contributed by atoms with Crippen LogP contribution in [0.3, 0.4) is 0 Å². The highest BCUT2D eigenvalue weighted by molar-refractivity contribution is 7.92. The Morgan fingerprint density at radius 3 is 2.40 bits per heavy atom. The highest BCUT2D eigenvalue weighted by atomic mass is 32.2. The van der Waals surface area contributed by atoms with E-state index in [0.29, 0.717) is 5.69 Å². The van der Waals surface area contributed by atoms with Crippen LogP contribution >= 0.6 is 0 Å². The summed E-state index contributed by atoms with van der Waals surface area (Å²) in [6.07, 6.45) is 3.08. The van der Waals surface area contributed by atoms with Gasteiger partial charge in [0.05, 0.1) is 12.0 Å². The third-order valence-corrected chi connectivity index (χ3v) is 5.08. The Hall–Kier alpha value is -2.61. The fraction of sp³-hybridized carbons (Fsp3) is 0.294. The van der Waals surface area contributed by atoms with Crippen molar-refractivity contribution in [2.75, 3.05) is 11.8 Å². The molecule has 0 aliphatic carbocycles. The highest BCUT2D eigenvalue weighted by Crippen LogP contribution is 2.29. The number of methoxy groups -OCH3 is 1. The molecule has 8 heteroatoms. The Kier molecular flexibility index (Phi) is 5.97. The average Bonchev–Trinajstić information content (AvgIpc) is 2.60. The van der Waals surface area contributed by atoms with Crippen LogP contribution in [-0.2, 0) is 16.4 Å². The number of hydrogen-bond donors (Lipinski definition) is 1. The number of aryl methyl sites for hydroxylation is 1. The Morgan fingerprint density at radius 2 is 1.84 bits per heavy atom. The molecule has 0 unspecified atom stereocenters. The molecule has 7 nitrogen and oxygen atoms in total. The molecule has 0 radical (unpaired) electrons. The molecule has 0 fully saturated rings. The van der Waals surface area contributed by atoms with Gasteiger partial charge in [-0.3, -0.25) is 14.8 Å². The lowest BCUT2D eigenvalue weighted by Gasteiger charge is -2.12. The van der Waals surface area contributed by atoms with E-state index < -0.39 is 14.9 Å². The molecule has 25 heavy (non-hydrogen) atoms. The monoisotopic (exact) mass is 364 g/mol. The van der Waals surface area contributed by atoms with Crippen LogP contribution in [0.25, 0.3) is 0 Å². The summed E-state index contributed by atoms with van der Waals surface area (Å²) in [6, 6.07) is 10.5. The summed E-state index contributed by atoms with van der Waals surface area (Å²) in [5.74, 6) is 0.0395. The largest absolute Gasteiger partial charge is 0.495 e. The van der Waals surface area contributed by atoms with Gasteiger partial charge in [0.25, 0.3) is 15.7 Å². The van der Waals surface area contributed by atoms with Gasteiger partial charge in [-0.05, 0) is 36.6 Å². The summed E-state index contributed by atoms with van der Waals surface area (Å²) in [5.41, 5.74) is 1.18. The lowest BCUT2D eigenvalue weighted by atomic mass is 10.1. The van der Waals surface area contributed by atoms with E-state index >= 15 is 0 Å². The summed E-state index contributed by atoms with van der Waals surface area (Å²) in [4.78, 5) is 9.98. The van der Waals surface area contributed by atoms with E-state index in [1.54, 1.807) is 12.1 Å². The third kappa shape index (κ3) is 4.69. The van der Waals surface area contributed by atoms with Gasteiger partial charge in [-0.2, -0.15) is 0 Å². The van der Waals surface area contributed by atoms with Crippen molar-refractivity contribution in [2.45, 2.75) is 31.1 Å². The first-order valence-corrected chi connectivity index (χ1v) is 9.30. The predicted molar refractivity (Wildman–Crippen MR) is 95.5 cm³/mol. The quantitative estimate of drug-likeness (QED) is 0.568. The number of nitro groups is 1. The number of sulfonamides is 1. The van der Waals surface area contributed by atoms with Gasteiger partial charge in [-0.15, -0.1) is 0 Å². The number of rotatable bonds is 8. The number of unbranched alkanes of at least 4 members (excludes halogenated alkanes) is 1. The van der Waals surface area contributed by atoms with Crippen LogP contribution in [0.2, 0.25) is 0 Å². The zero-order valence-electron chi connectivity index (χ0n) is 14.1. The number of benzene rings is 2. The summed E-state index contributed by atoms with van der Waals surface area (Å²) >= 11 is 0. The van der Waals surface area contributed by atoms with Gasteiger partial charge in [0, 0.05) is 17.8 Å². The van der Waals surface area contributed by atoms with E-state index in [1.165, 1.54) is 19.2 Å². The second-order valence-electron chi connectivity index (χ2n) is 5.50. The van der Waals surface area contributed by atoms with Crippen LogP contribution in [0.15, 0.2) is 47.4 Å². The molecule has 2 aromatic carbocycles. The molecule has 0 aliphatic rings. The van der Waals surface area contributed by atoms with Crippen molar-refractivity contribution in [3.8, 4) is 5.75 Å². The highest BCUT2D eigenvalue weighted by Gasteiger charge is 2.23. The molecule has 134 valence electrons. The number of non-ortho nitro benzene ring substituents is 1. The first-order valence-electron chi connectivity index (χ1n) is 7.81. The second-order valence-corrected chi connectivity index (χ2v) is 7.15.